The summed E-state index contributed by atoms with van der Waals surface area (Å²) in [6.45, 7) is 3.82. The standard InChI is InChI=1S/C15H13F3N2O/c1-7-8(2)20(3)13-5-10-11(15(16,17)18)6-14(21)19-12(10)4-9(7)13/h4-6,10H,1-3H3. The van der Waals surface area contributed by atoms with Gasteiger partial charge in [0.15, 0.2) is 0 Å². The highest BCUT2D eigenvalue weighted by atomic mass is 19.4. The molecule has 1 amide bonds. The van der Waals surface area contributed by atoms with Crippen LogP contribution in [0, 0.1) is 19.8 Å². The average molecular weight is 294 g/mol. The number of rotatable bonds is 0. The van der Waals surface area contributed by atoms with Gasteiger partial charge in [-0.1, -0.05) is 0 Å². The van der Waals surface area contributed by atoms with E-state index < -0.39 is 23.6 Å². The largest absolute Gasteiger partial charge is 0.413 e. The Kier molecular flexibility index (Phi) is 2.77. The first-order chi connectivity index (χ1) is 9.70. The van der Waals surface area contributed by atoms with Gasteiger partial charge >= 0.3 is 6.18 Å². The van der Waals surface area contributed by atoms with Gasteiger partial charge in [0.05, 0.1) is 17.2 Å². The van der Waals surface area contributed by atoms with Crippen LogP contribution in [0.25, 0.3) is 12.2 Å². The Labute approximate surface area is 118 Å². The summed E-state index contributed by atoms with van der Waals surface area (Å²) in [6, 6.07) is 0. The monoisotopic (exact) mass is 294 g/mol. The van der Waals surface area contributed by atoms with Crippen molar-refractivity contribution in [3.63, 3.8) is 0 Å². The average Bonchev–Trinajstić information content (AvgIpc) is 2.60. The van der Waals surface area contributed by atoms with Crippen molar-refractivity contribution in [3.8, 4) is 0 Å². The van der Waals surface area contributed by atoms with Crippen LogP contribution in [-0.2, 0) is 11.8 Å². The van der Waals surface area contributed by atoms with Gasteiger partial charge in [0.25, 0.3) is 5.91 Å². The number of fused-ring (bicyclic) bond motifs is 2. The topological polar surface area (TPSA) is 34.4 Å². The van der Waals surface area contributed by atoms with E-state index in [9.17, 15) is 18.0 Å². The van der Waals surface area contributed by atoms with E-state index >= 15 is 0 Å². The van der Waals surface area contributed by atoms with Crippen molar-refractivity contribution in [2.45, 2.75) is 20.0 Å². The van der Waals surface area contributed by atoms with Crippen LogP contribution in [0.2, 0.25) is 0 Å². The molecule has 110 valence electrons. The van der Waals surface area contributed by atoms with Gasteiger partial charge in [-0.05, 0) is 31.6 Å². The SMILES string of the molecule is Cc1c(C)n(C)c2c1=CC1=NC(=O)C=C(C(F)(F)F)C1C=2. The summed E-state index contributed by atoms with van der Waals surface area (Å²) in [7, 11) is 1.82. The molecule has 0 radical (unpaired) electrons. The molecule has 0 fully saturated rings. The van der Waals surface area contributed by atoms with Crippen LogP contribution in [0.1, 0.15) is 11.3 Å². The fourth-order valence-corrected chi connectivity index (χ4v) is 2.86. The Hall–Kier alpha value is -2.11. The summed E-state index contributed by atoms with van der Waals surface area (Å²) >= 11 is 0. The quantitative estimate of drug-likeness (QED) is 0.710. The molecule has 0 spiro atoms. The number of hydrogen-bond acceptors (Lipinski definition) is 1. The number of halogens is 3. The molecule has 21 heavy (non-hydrogen) atoms. The van der Waals surface area contributed by atoms with Gasteiger partial charge in [-0.2, -0.15) is 13.2 Å². The molecular weight excluding hydrogens is 281 g/mol. The summed E-state index contributed by atoms with van der Waals surface area (Å²) in [5, 5.41) is 1.57. The van der Waals surface area contributed by atoms with E-state index in [2.05, 4.69) is 4.99 Å². The zero-order chi connectivity index (χ0) is 15.5. The molecule has 2 aliphatic rings. The third kappa shape index (κ3) is 1.97. The van der Waals surface area contributed by atoms with E-state index in [1.54, 1.807) is 12.2 Å². The van der Waals surface area contributed by atoms with Crippen LogP contribution in [0.5, 0.6) is 0 Å². The van der Waals surface area contributed by atoms with Crippen molar-refractivity contribution in [1.82, 2.24) is 4.57 Å². The lowest BCUT2D eigenvalue weighted by Gasteiger charge is -2.24. The van der Waals surface area contributed by atoms with Gasteiger partial charge in [0.1, 0.15) is 0 Å². The molecule has 1 aliphatic heterocycles. The maximum atomic E-state index is 13.1. The number of aliphatic imine (C=N–C) groups is 1. The van der Waals surface area contributed by atoms with Crippen molar-refractivity contribution in [2.24, 2.45) is 18.0 Å². The summed E-state index contributed by atoms with van der Waals surface area (Å²) < 4.78 is 41.3. The summed E-state index contributed by atoms with van der Waals surface area (Å²) in [6.07, 6.45) is -0.816. The number of hydrogen-bond donors (Lipinski definition) is 0. The normalized spacial score (nSPS) is 20.9. The smallest absolute Gasteiger partial charge is 0.348 e. The summed E-state index contributed by atoms with van der Waals surface area (Å²) in [5.41, 5.74) is 1.28. The second-order valence-electron chi connectivity index (χ2n) is 5.33. The molecule has 1 aliphatic carbocycles. The number of aromatic nitrogens is 1. The van der Waals surface area contributed by atoms with E-state index in [-0.39, 0.29) is 5.71 Å². The van der Waals surface area contributed by atoms with Crippen LogP contribution in [-0.4, -0.2) is 22.4 Å². The first-order valence-corrected chi connectivity index (χ1v) is 6.47. The van der Waals surface area contributed by atoms with Gasteiger partial charge in [-0.3, -0.25) is 4.79 Å². The van der Waals surface area contributed by atoms with Crippen molar-refractivity contribution in [3.05, 3.63) is 33.5 Å². The molecule has 1 aromatic rings. The second kappa shape index (κ2) is 4.19. The third-order valence-corrected chi connectivity index (χ3v) is 4.20. The Morgan fingerprint density at radius 2 is 1.90 bits per heavy atom. The minimum Gasteiger partial charge on any atom is -0.348 e. The van der Waals surface area contributed by atoms with Gasteiger partial charge in [-0.15, -0.1) is 0 Å². The van der Waals surface area contributed by atoms with E-state index in [4.69, 9.17) is 0 Å². The predicted octanol–water partition coefficient (Wildman–Crippen LogP) is 1.30. The fraction of sp³-hybridized carbons (Fsp3) is 0.333. The molecule has 0 saturated heterocycles. The predicted molar refractivity (Wildman–Crippen MR) is 73.1 cm³/mol. The minimum absolute atomic E-state index is 0.163. The minimum atomic E-state index is -4.54. The van der Waals surface area contributed by atoms with Crippen LogP contribution in [0.4, 0.5) is 13.2 Å². The van der Waals surface area contributed by atoms with Gasteiger partial charge in [0.2, 0.25) is 0 Å². The molecule has 2 heterocycles. The lowest BCUT2D eigenvalue weighted by Crippen LogP contribution is -2.40. The van der Waals surface area contributed by atoms with E-state index in [0.717, 1.165) is 21.8 Å². The molecule has 0 N–H and O–H groups in total. The Bertz CT molecular complexity index is 838. The van der Waals surface area contributed by atoms with Crippen molar-refractivity contribution in [1.29, 1.82) is 0 Å². The van der Waals surface area contributed by atoms with E-state index in [0.29, 0.717) is 6.08 Å². The first-order valence-electron chi connectivity index (χ1n) is 6.47. The van der Waals surface area contributed by atoms with Crippen molar-refractivity contribution < 1.29 is 18.0 Å². The van der Waals surface area contributed by atoms with Gasteiger partial charge in [-0.25, -0.2) is 4.99 Å². The van der Waals surface area contributed by atoms with Gasteiger partial charge < -0.3 is 4.57 Å². The number of carbonyl (C=O) groups is 1. The van der Waals surface area contributed by atoms with Crippen LogP contribution in [0.3, 0.4) is 0 Å². The van der Waals surface area contributed by atoms with Gasteiger partial charge in [0, 0.05) is 29.4 Å². The molecular formula is C15H13F3N2O. The lowest BCUT2D eigenvalue weighted by molar-refractivity contribution is -0.116. The van der Waals surface area contributed by atoms with Crippen LogP contribution >= 0.6 is 0 Å². The molecule has 0 saturated carbocycles. The molecule has 6 heteroatoms. The molecule has 1 unspecified atom stereocenters. The first kappa shape index (κ1) is 13.9. The number of allylic oxidation sites excluding steroid dienone is 1. The molecule has 3 rings (SSSR count). The Balaban J connectivity index is 2.31. The molecule has 1 aromatic heterocycles. The number of dihydropyridines is 1. The fourth-order valence-electron chi connectivity index (χ4n) is 2.86. The van der Waals surface area contributed by atoms with E-state index in [1.807, 2.05) is 25.5 Å². The Morgan fingerprint density at radius 1 is 1.24 bits per heavy atom. The third-order valence-electron chi connectivity index (χ3n) is 4.20. The highest BCUT2D eigenvalue weighted by Crippen LogP contribution is 2.35. The molecule has 3 nitrogen and oxygen atoms in total. The number of alkyl halides is 3. The maximum absolute atomic E-state index is 13.1. The number of carbonyl (C=O) groups excluding carboxylic acids is 1. The zero-order valence-electron chi connectivity index (χ0n) is 11.7. The summed E-state index contributed by atoms with van der Waals surface area (Å²) in [5.74, 6) is -1.87. The maximum Gasteiger partial charge on any atom is 0.413 e. The summed E-state index contributed by atoms with van der Waals surface area (Å²) in [4.78, 5) is 15.2. The molecule has 1 atom stereocenters. The van der Waals surface area contributed by atoms with Crippen molar-refractivity contribution in [2.75, 3.05) is 0 Å². The second-order valence-corrected chi connectivity index (χ2v) is 5.33. The molecule has 0 bridgehead atoms. The number of amides is 1. The molecule has 0 aromatic carbocycles. The highest BCUT2D eigenvalue weighted by Gasteiger charge is 2.42. The zero-order valence-corrected chi connectivity index (χ0v) is 11.7. The van der Waals surface area contributed by atoms with Crippen LogP contribution in [0.15, 0.2) is 16.6 Å². The Morgan fingerprint density at radius 3 is 2.52 bits per heavy atom. The van der Waals surface area contributed by atoms with E-state index in [1.165, 1.54) is 0 Å². The van der Waals surface area contributed by atoms with Crippen molar-refractivity contribution >= 4 is 23.8 Å². The lowest BCUT2D eigenvalue weighted by atomic mass is 9.87. The number of nitrogens with zero attached hydrogens (tertiary/aromatic N) is 2. The van der Waals surface area contributed by atoms with Crippen LogP contribution < -0.4 is 10.6 Å². The highest BCUT2D eigenvalue weighted by molar-refractivity contribution is 6.22.